The zero-order chi connectivity index (χ0) is 15.6. The summed E-state index contributed by atoms with van der Waals surface area (Å²) in [6.45, 7) is 3.68. The number of ether oxygens (including phenoxy) is 1. The number of rotatable bonds is 5. The Morgan fingerprint density at radius 1 is 1.23 bits per heavy atom. The van der Waals surface area contributed by atoms with Gasteiger partial charge in [0.15, 0.2) is 0 Å². The maximum Gasteiger partial charge on any atom is 0.248 e. The topological polar surface area (TPSA) is 49.9 Å². The first-order valence-corrected chi connectivity index (χ1v) is 10.3. The van der Waals surface area contributed by atoms with E-state index < -0.39 is 0 Å². The molecular formula is C15H24N2O3S2. The Hall–Kier alpha value is -0.400. The summed E-state index contributed by atoms with van der Waals surface area (Å²) in [5, 5.41) is 0. The number of likely N-dealkylation sites (tertiary alicyclic amines) is 2. The monoisotopic (exact) mass is 344 g/mol. The van der Waals surface area contributed by atoms with Crippen LogP contribution in [0.2, 0.25) is 0 Å². The van der Waals surface area contributed by atoms with Crippen molar-refractivity contribution in [2.75, 3.05) is 50.5 Å². The van der Waals surface area contributed by atoms with Crippen LogP contribution in [0, 0.1) is 0 Å². The van der Waals surface area contributed by atoms with Gasteiger partial charge in [-0.25, -0.2) is 0 Å². The molecule has 0 N–H and O–H groups in total. The minimum absolute atomic E-state index is 0.133. The maximum atomic E-state index is 12.0. The molecule has 0 unspecified atom stereocenters. The molecule has 124 valence electrons. The highest BCUT2D eigenvalue weighted by atomic mass is 32.2. The first kappa shape index (κ1) is 16.5. The highest BCUT2D eigenvalue weighted by Gasteiger charge is 2.50. The van der Waals surface area contributed by atoms with Crippen molar-refractivity contribution in [3.8, 4) is 0 Å². The lowest BCUT2D eigenvalue weighted by molar-refractivity contribution is -0.137. The quantitative estimate of drug-likeness (QED) is 0.747. The van der Waals surface area contributed by atoms with Crippen LogP contribution < -0.4 is 0 Å². The Morgan fingerprint density at radius 2 is 1.95 bits per heavy atom. The predicted molar refractivity (Wildman–Crippen MR) is 90.3 cm³/mol. The summed E-state index contributed by atoms with van der Waals surface area (Å²) in [5.41, 5.74) is 0. The molecule has 3 rings (SSSR count). The van der Waals surface area contributed by atoms with Crippen LogP contribution in [0.1, 0.15) is 19.3 Å². The minimum atomic E-state index is 0.133. The van der Waals surface area contributed by atoms with Gasteiger partial charge in [0.05, 0.1) is 16.6 Å². The summed E-state index contributed by atoms with van der Waals surface area (Å²) in [7, 11) is 0. The molecule has 3 aliphatic heterocycles. The summed E-state index contributed by atoms with van der Waals surface area (Å²) >= 11 is 3.49. The maximum absolute atomic E-state index is 12.0. The van der Waals surface area contributed by atoms with E-state index in [1.165, 1.54) is 0 Å². The number of amides is 2. The zero-order valence-corrected chi connectivity index (χ0v) is 14.7. The smallest absolute Gasteiger partial charge is 0.248 e. The van der Waals surface area contributed by atoms with Gasteiger partial charge >= 0.3 is 0 Å². The zero-order valence-electron chi connectivity index (χ0n) is 13.1. The number of carbonyl (C=O) groups excluding carboxylic acids is 2. The second kappa shape index (κ2) is 7.01. The second-order valence-corrected chi connectivity index (χ2v) is 8.76. The van der Waals surface area contributed by atoms with Crippen LogP contribution in [0.4, 0.5) is 0 Å². The molecular weight excluding hydrogens is 320 g/mol. The van der Waals surface area contributed by atoms with E-state index in [0.717, 1.165) is 51.2 Å². The molecule has 2 amide bonds. The van der Waals surface area contributed by atoms with E-state index in [4.69, 9.17) is 4.74 Å². The van der Waals surface area contributed by atoms with Gasteiger partial charge < -0.3 is 14.5 Å². The molecule has 0 aromatic heterocycles. The van der Waals surface area contributed by atoms with E-state index in [1.807, 2.05) is 27.8 Å². The normalized spacial score (nSPS) is 26.5. The van der Waals surface area contributed by atoms with Gasteiger partial charge in [-0.3, -0.25) is 9.59 Å². The van der Waals surface area contributed by atoms with Crippen molar-refractivity contribution in [3.05, 3.63) is 0 Å². The Labute approximate surface area is 140 Å². The Bertz CT molecular complexity index is 435. The molecule has 0 saturated carbocycles. The predicted octanol–water partition coefficient (Wildman–Crippen LogP) is 1.07. The molecule has 0 aliphatic carbocycles. The largest absolute Gasteiger partial charge is 0.367 e. The lowest BCUT2D eigenvalue weighted by Gasteiger charge is -2.47. The van der Waals surface area contributed by atoms with Gasteiger partial charge in [-0.15, -0.1) is 11.8 Å². The second-order valence-electron chi connectivity index (χ2n) is 6.40. The number of thioether (sulfide) groups is 2. The molecule has 7 heteroatoms. The van der Waals surface area contributed by atoms with Crippen LogP contribution in [0.3, 0.4) is 0 Å². The van der Waals surface area contributed by atoms with Crippen LogP contribution in [0.25, 0.3) is 0 Å². The van der Waals surface area contributed by atoms with Crippen molar-refractivity contribution in [2.45, 2.75) is 30.1 Å². The number of hydrogen-bond acceptors (Lipinski definition) is 5. The van der Waals surface area contributed by atoms with E-state index in [2.05, 4.69) is 0 Å². The Balaban J connectivity index is 1.38. The lowest BCUT2D eigenvalue weighted by atomic mass is 9.93. The number of hydrogen-bond donors (Lipinski definition) is 0. The van der Waals surface area contributed by atoms with Crippen LogP contribution in [-0.4, -0.2) is 83.0 Å². The average molecular weight is 345 g/mol. The molecule has 3 aliphatic rings. The van der Waals surface area contributed by atoms with Crippen LogP contribution in [-0.2, 0) is 14.3 Å². The summed E-state index contributed by atoms with van der Waals surface area (Å²) in [5.74, 6) is 1.89. The molecule has 0 aromatic carbocycles. The lowest BCUT2D eigenvalue weighted by Crippen LogP contribution is -2.61. The summed E-state index contributed by atoms with van der Waals surface area (Å²) in [6.07, 6.45) is 5.32. The van der Waals surface area contributed by atoms with E-state index in [-0.39, 0.29) is 29.3 Å². The van der Waals surface area contributed by atoms with Gasteiger partial charge in [0.1, 0.15) is 6.61 Å². The summed E-state index contributed by atoms with van der Waals surface area (Å²) in [4.78, 5) is 27.7. The van der Waals surface area contributed by atoms with Gasteiger partial charge in [0.2, 0.25) is 11.8 Å². The molecule has 1 atom stereocenters. The average Bonchev–Trinajstić information content (AvgIpc) is 3.13. The summed E-state index contributed by atoms with van der Waals surface area (Å²) in [6, 6.07) is 0. The number of carbonyl (C=O) groups is 2. The van der Waals surface area contributed by atoms with Gasteiger partial charge in [-0.2, -0.15) is 11.8 Å². The third kappa shape index (κ3) is 3.57. The van der Waals surface area contributed by atoms with E-state index in [9.17, 15) is 9.59 Å². The fourth-order valence-corrected chi connectivity index (χ4v) is 5.40. The fraction of sp³-hybridized carbons (Fsp3) is 0.867. The van der Waals surface area contributed by atoms with Gasteiger partial charge in [0.25, 0.3) is 0 Å². The standard InChI is InChI=1S/C15H24N2O3S2/c1-21-9-14(19)17-10-15(11-17)6-12(8-22-15)20-7-13(18)16-4-2-3-5-16/h12H,2-11H2,1H3/t12-/m1/s1. The van der Waals surface area contributed by atoms with Crippen molar-refractivity contribution in [2.24, 2.45) is 0 Å². The first-order valence-electron chi connectivity index (χ1n) is 7.92. The van der Waals surface area contributed by atoms with E-state index in [0.29, 0.717) is 5.75 Å². The van der Waals surface area contributed by atoms with Crippen molar-refractivity contribution in [3.63, 3.8) is 0 Å². The van der Waals surface area contributed by atoms with Gasteiger partial charge in [-0.1, -0.05) is 0 Å². The highest BCUT2D eigenvalue weighted by Crippen LogP contribution is 2.46. The third-order valence-electron chi connectivity index (χ3n) is 4.65. The molecule has 3 heterocycles. The Kier molecular flexibility index (Phi) is 5.24. The molecule has 22 heavy (non-hydrogen) atoms. The Morgan fingerprint density at radius 3 is 2.64 bits per heavy atom. The highest BCUT2D eigenvalue weighted by molar-refractivity contribution is 8.01. The van der Waals surface area contributed by atoms with E-state index in [1.54, 1.807) is 11.8 Å². The van der Waals surface area contributed by atoms with Crippen LogP contribution in [0.15, 0.2) is 0 Å². The van der Waals surface area contributed by atoms with Crippen LogP contribution in [0.5, 0.6) is 0 Å². The van der Waals surface area contributed by atoms with Gasteiger partial charge in [-0.05, 0) is 25.5 Å². The van der Waals surface area contributed by atoms with Gasteiger partial charge in [0, 0.05) is 31.9 Å². The molecule has 3 fully saturated rings. The minimum Gasteiger partial charge on any atom is -0.367 e. The first-order chi connectivity index (χ1) is 10.6. The van der Waals surface area contributed by atoms with Crippen molar-refractivity contribution in [1.29, 1.82) is 0 Å². The summed E-state index contributed by atoms with van der Waals surface area (Å²) < 4.78 is 6.02. The van der Waals surface area contributed by atoms with E-state index >= 15 is 0 Å². The molecule has 5 nitrogen and oxygen atoms in total. The molecule has 1 spiro atoms. The van der Waals surface area contributed by atoms with Crippen molar-refractivity contribution < 1.29 is 14.3 Å². The number of nitrogens with zero attached hydrogens (tertiary/aromatic N) is 2. The van der Waals surface area contributed by atoms with Crippen LogP contribution >= 0.6 is 23.5 Å². The SMILES string of the molecule is CSCC(=O)N1CC2(C[C@@H](OCC(=O)N3CCCC3)CS2)C1. The molecule has 3 saturated heterocycles. The van der Waals surface area contributed by atoms with Crippen molar-refractivity contribution >= 4 is 35.3 Å². The third-order valence-corrected chi connectivity index (χ3v) is 6.77. The van der Waals surface area contributed by atoms with Crippen molar-refractivity contribution in [1.82, 2.24) is 9.80 Å². The molecule has 0 radical (unpaired) electrons. The fourth-order valence-electron chi connectivity index (χ4n) is 3.42. The molecule has 0 aromatic rings. The molecule has 0 bridgehead atoms.